The molecule has 1 aromatic rings. The lowest BCUT2D eigenvalue weighted by Crippen LogP contribution is -2.15. The van der Waals surface area contributed by atoms with Gasteiger partial charge in [-0.3, -0.25) is 4.98 Å². The predicted molar refractivity (Wildman–Crippen MR) is 55.7 cm³/mol. The van der Waals surface area contributed by atoms with Gasteiger partial charge in [0.05, 0.1) is 11.9 Å². The van der Waals surface area contributed by atoms with Crippen LogP contribution >= 0.6 is 0 Å². The Morgan fingerprint density at radius 3 is 3.00 bits per heavy atom. The first kappa shape index (κ1) is 10.6. The number of terminal acetylenes is 1. The molecule has 0 amide bonds. The van der Waals surface area contributed by atoms with E-state index in [4.69, 9.17) is 11.5 Å². The van der Waals surface area contributed by atoms with Crippen molar-refractivity contribution in [3.05, 3.63) is 24.0 Å². The van der Waals surface area contributed by atoms with Gasteiger partial charge in [-0.05, 0) is 25.1 Å². The summed E-state index contributed by atoms with van der Waals surface area (Å²) in [6.45, 7) is 1.61. The molecule has 0 spiro atoms. The van der Waals surface area contributed by atoms with E-state index in [1.807, 2.05) is 0 Å². The van der Waals surface area contributed by atoms with Crippen molar-refractivity contribution in [2.24, 2.45) is 0 Å². The van der Waals surface area contributed by atoms with Gasteiger partial charge in [0.1, 0.15) is 5.75 Å². The van der Waals surface area contributed by atoms with E-state index in [2.05, 4.69) is 16.2 Å². The van der Waals surface area contributed by atoms with Gasteiger partial charge in [0, 0.05) is 13.0 Å². The Bertz CT molecular complexity index is 300. The molecular formula is C11H14N2O. The molecule has 0 bridgehead atoms. The quantitative estimate of drug-likeness (QED) is 0.543. The average molecular weight is 190 g/mol. The number of pyridine rings is 1. The minimum atomic E-state index is 0.195. The number of aromatic nitrogens is 1. The Kier molecular flexibility index (Phi) is 4.53. The molecule has 0 radical (unpaired) electrons. The molecule has 3 nitrogen and oxygen atoms in total. The van der Waals surface area contributed by atoms with Crippen molar-refractivity contribution < 1.29 is 5.11 Å². The Balaban J connectivity index is 2.19. The van der Waals surface area contributed by atoms with E-state index < -0.39 is 0 Å². The lowest BCUT2D eigenvalue weighted by molar-refractivity contribution is 0.471. The molecule has 0 saturated carbocycles. The summed E-state index contributed by atoms with van der Waals surface area (Å²) in [6, 6.07) is 3.43. The molecule has 0 atom stereocenters. The van der Waals surface area contributed by atoms with E-state index >= 15 is 0 Å². The van der Waals surface area contributed by atoms with Crippen LogP contribution in [-0.4, -0.2) is 16.6 Å². The summed E-state index contributed by atoms with van der Waals surface area (Å²) in [7, 11) is 0. The van der Waals surface area contributed by atoms with Gasteiger partial charge >= 0.3 is 0 Å². The molecule has 74 valence electrons. The molecule has 0 fully saturated rings. The Morgan fingerprint density at radius 2 is 2.36 bits per heavy atom. The second kappa shape index (κ2) is 6.01. The van der Waals surface area contributed by atoms with Crippen LogP contribution in [0.2, 0.25) is 0 Å². The van der Waals surface area contributed by atoms with Gasteiger partial charge in [-0.15, -0.1) is 12.3 Å². The molecule has 14 heavy (non-hydrogen) atoms. The van der Waals surface area contributed by atoms with Crippen LogP contribution in [0.1, 0.15) is 18.5 Å². The van der Waals surface area contributed by atoms with Crippen molar-refractivity contribution in [2.45, 2.75) is 19.4 Å². The van der Waals surface area contributed by atoms with Crippen LogP contribution in [0.4, 0.5) is 0 Å². The third-order valence-corrected chi connectivity index (χ3v) is 1.79. The fourth-order valence-electron chi connectivity index (χ4n) is 1.05. The lowest BCUT2D eigenvalue weighted by atomic mass is 10.3. The van der Waals surface area contributed by atoms with E-state index in [0.29, 0.717) is 6.54 Å². The number of hydrogen-bond acceptors (Lipinski definition) is 3. The van der Waals surface area contributed by atoms with Gasteiger partial charge in [0.2, 0.25) is 0 Å². The minimum Gasteiger partial charge on any atom is -0.506 e. The monoisotopic (exact) mass is 190 g/mol. The molecule has 1 rings (SSSR count). The zero-order valence-electron chi connectivity index (χ0n) is 8.03. The number of nitrogens with zero attached hydrogens (tertiary/aromatic N) is 1. The standard InChI is InChI=1S/C11H14N2O/c1-2-3-4-7-12-8-10-5-6-11(14)9-13-10/h1,5-6,9,12,14H,3-4,7-8H2. The normalized spacial score (nSPS) is 9.64. The first-order valence-electron chi connectivity index (χ1n) is 4.61. The molecule has 3 heteroatoms. The molecule has 1 aromatic heterocycles. The van der Waals surface area contributed by atoms with Gasteiger partial charge < -0.3 is 10.4 Å². The topological polar surface area (TPSA) is 45.1 Å². The van der Waals surface area contributed by atoms with Gasteiger partial charge in [-0.25, -0.2) is 0 Å². The van der Waals surface area contributed by atoms with Crippen LogP contribution in [-0.2, 0) is 6.54 Å². The molecule has 0 unspecified atom stereocenters. The van der Waals surface area contributed by atoms with Crippen LogP contribution in [0.3, 0.4) is 0 Å². The van der Waals surface area contributed by atoms with Crippen LogP contribution in [0.15, 0.2) is 18.3 Å². The Morgan fingerprint density at radius 1 is 1.50 bits per heavy atom. The maximum Gasteiger partial charge on any atom is 0.133 e. The smallest absolute Gasteiger partial charge is 0.133 e. The SMILES string of the molecule is C#CCCCNCc1ccc(O)cn1. The molecule has 0 aliphatic heterocycles. The number of rotatable bonds is 5. The number of nitrogens with one attached hydrogen (secondary N) is 1. The maximum atomic E-state index is 8.99. The largest absolute Gasteiger partial charge is 0.506 e. The molecular weight excluding hydrogens is 176 g/mol. The molecule has 2 N–H and O–H groups in total. The van der Waals surface area contributed by atoms with Crippen molar-refractivity contribution in [3.8, 4) is 18.1 Å². The summed E-state index contributed by atoms with van der Waals surface area (Å²) in [5.74, 6) is 2.78. The van der Waals surface area contributed by atoms with Crippen LogP contribution in [0.5, 0.6) is 5.75 Å². The van der Waals surface area contributed by atoms with E-state index in [9.17, 15) is 0 Å². The van der Waals surface area contributed by atoms with Crippen LogP contribution in [0, 0.1) is 12.3 Å². The molecule has 0 aliphatic rings. The van der Waals surface area contributed by atoms with E-state index in [0.717, 1.165) is 25.1 Å². The second-order valence-electron chi connectivity index (χ2n) is 2.99. The highest BCUT2D eigenvalue weighted by molar-refractivity contribution is 5.17. The predicted octanol–water partition coefficient (Wildman–Crippen LogP) is 1.29. The minimum absolute atomic E-state index is 0.195. The third-order valence-electron chi connectivity index (χ3n) is 1.79. The van der Waals surface area contributed by atoms with Crippen molar-refractivity contribution in [1.29, 1.82) is 0 Å². The Labute approximate surface area is 84.2 Å². The van der Waals surface area contributed by atoms with Crippen LogP contribution < -0.4 is 5.32 Å². The number of hydrogen-bond donors (Lipinski definition) is 2. The van der Waals surface area contributed by atoms with E-state index in [1.165, 1.54) is 6.20 Å². The van der Waals surface area contributed by atoms with Crippen molar-refractivity contribution in [1.82, 2.24) is 10.3 Å². The fraction of sp³-hybridized carbons (Fsp3) is 0.364. The third kappa shape index (κ3) is 3.92. The fourth-order valence-corrected chi connectivity index (χ4v) is 1.05. The summed E-state index contributed by atoms with van der Waals surface area (Å²) in [6.07, 6.45) is 8.35. The summed E-state index contributed by atoms with van der Waals surface area (Å²) in [5, 5.41) is 12.2. The average Bonchev–Trinajstić information content (AvgIpc) is 2.21. The lowest BCUT2D eigenvalue weighted by Gasteiger charge is -2.02. The van der Waals surface area contributed by atoms with E-state index in [-0.39, 0.29) is 5.75 Å². The van der Waals surface area contributed by atoms with Gasteiger partial charge in [0.25, 0.3) is 0 Å². The maximum absolute atomic E-state index is 8.99. The van der Waals surface area contributed by atoms with Crippen molar-refractivity contribution in [3.63, 3.8) is 0 Å². The molecule has 0 aromatic carbocycles. The molecule has 0 aliphatic carbocycles. The number of aromatic hydroxyl groups is 1. The van der Waals surface area contributed by atoms with Crippen molar-refractivity contribution in [2.75, 3.05) is 6.54 Å². The highest BCUT2D eigenvalue weighted by Crippen LogP contribution is 2.05. The first-order valence-corrected chi connectivity index (χ1v) is 4.61. The van der Waals surface area contributed by atoms with Crippen LogP contribution in [0.25, 0.3) is 0 Å². The van der Waals surface area contributed by atoms with Gasteiger partial charge in [-0.1, -0.05) is 0 Å². The summed E-state index contributed by atoms with van der Waals surface area (Å²) >= 11 is 0. The summed E-state index contributed by atoms with van der Waals surface area (Å²) < 4.78 is 0. The first-order chi connectivity index (χ1) is 6.83. The van der Waals surface area contributed by atoms with Gasteiger partial charge in [0.15, 0.2) is 0 Å². The zero-order valence-corrected chi connectivity index (χ0v) is 8.03. The van der Waals surface area contributed by atoms with E-state index in [1.54, 1.807) is 12.1 Å². The summed E-state index contributed by atoms with van der Waals surface area (Å²) in [5.41, 5.74) is 0.920. The highest BCUT2D eigenvalue weighted by Gasteiger charge is 1.93. The molecule has 1 heterocycles. The second-order valence-corrected chi connectivity index (χ2v) is 2.99. The number of unbranched alkanes of at least 4 members (excludes halogenated alkanes) is 1. The zero-order chi connectivity index (χ0) is 10.2. The highest BCUT2D eigenvalue weighted by atomic mass is 16.3. The summed E-state index contributed by atoms with van der Waals surface area (Å²) in [4.78, 5) is 4.04. The molecule has 0 saturated heterocycles. The van der Waals surface area contributed by atoms with Crippen molar-refractivity contribution >= 4 is 0 Å². The Hall–Kier alpha value is -1.53. The van der Waals surface area contributed by atoms with Gasteiger partial charge in [-0.2, -0.15) is 0 Å².